The van der Waals surface area contributed by atoms with Gasteiger partial charge in [-0.1, -0.05) is 12.1 Å². The topological polar surface area (TPSA) is 37.0 Å². The van der Waals surface area contributed by atoms with E-state index in [-0.39, 0.29) is 19.0 Å². The number of aryl methyl sites for hydroxylation is 1. The van der Waals surface area contributed by atoms with E-state index in [2.05, 4.69) is 10.3 Å². The molecule has 0 unspecified atom stereocenters. The largest absolute Gasteiger partial charge is 0.487 e. The Morgan fingerprint density at radius 3 is 2.27 bits per heavy atom. The van der Waals surface area contributed by atoms with Crippen LogP contribution in [0.3, 0.4) is 0 Å². The molecule has 0 radical (unpaired) electrons. The number of halogens is 6. The summed E-state index contributed by atoms with van der Waals surface area (Å²) >= 11 is 0. The minimum atomic E-state index is -2.19. The van der Waals surface area contributed by atoms with E-state index in [9.17, 15) is 22.0 Å². The van der Waals surface area contributed by atoms with Crippen molar-refractivity contribution < 1.29 is 26.7 Å². The molecule has 3 nitrogen and oxygen atoms in total. The predicted molar refractivity (Wildman–Crippen MR) is 106 cm³/mol. The number of aromatic nitrogens is 1. The number of ether oxygens (including phenoxy) is 1. The van der Waals surface area contributed by atoms with Gasteiger partial charge in [0.05, 0.1) is 6.61 Å². The van der Waals surface area contributed by atoms with Crippen molar-refractivity contribution in [3.8, 4) is 5.75 Å². The van der Waals surface area contributed by atoms with Crippen LogP contribution in [0.15, 0.2) is 18.2 Å². The summed E-state index contributed by atoms with van der Waals surface area (Å²) in [4.78, 5) is 3.46. The summed E-state index contributed by atoms with van der Waals surface area (Å²) in [5, 5.41) is 4.50. The highest BCUT2D eigenvalue weighted by Gasteiger charge is 2.27. The molecule has 2 aromatic carbocycles. The Morgan fingerprint density at radius 1 is 0.867 bits per heavy atom. The van der Waals surface area contributed by atoms with Crippen molar-refractivity contribution in [2.45, 2.75) is 25.7 Å². The van der Waals surface area contributed by atoms with Crippen LogP contribution in [0.2, 0.25) is 0 Å². The number of H-pyrrole nitrogens is 1. The molecule has 0 fully saturated rings. The lowest BCUT2D eigenvalue weighted by Crippen LogP contribution is -2.16. The lowest BCUT2D eigenvalue weighted by Gasteiger charge is -2.11. The fraction of sp³-hybridized carbons (Fsp3) is 0.333. The first-order valence-corrected chi connectivity index (χ1v) is 9.45. The van der Waals surface area contributed by atoms with Gasteiger partial charge in [-0.25, -0.2) is 13.2 Å². The van der Waals surface area contributed by atoms with Crippen molar-refractivity contribution in [2.75, 3.05) is 19.7 Å². The van der Waals surface area contributed by atoms with E-state index in [0.717, 1.165) is 42.4 Å². The highest BCUT2D eigenvalue weighted by molar-refractivity contribution is 5.88. The van der Waals surface area contributed by atoms with Gasteiger partial charge >= 0.3 is 0 Å². The second kappa shape index (κ2) is 9.22. The van der Waals surface area contributed by atoms with Gasteiger partial charge < -0.3 is 15.0 Å². The van der Waals surface area contributed by atoms with Crippen molar-refractivity contribution in [1.82, 2.24) is 10.3 Å². The van der Waals surface area contributed by atoms with Crippen LogP contribution >= 0.6 is 12.4 Å². The highest BCUT2D eigenvalue weighted by Crippen LogP contribution is 2.30. The quantitative estimate of drug-likeness (QED) is 0.251. The molecule has 2 N–H and O–H groups in total. The van der Waals surface area contributed by atoms with Crippen LogP contribution in [0.5, 0.6) is 5.75 Å². The molecule has 9 heteroatoms. The number of aromatic amines is 1. The first-order valence-electron chi connectivity index (χ1n) is 9.45. The third-order valence-corrected chi connectivity index (χ3v) is 5.21. The van der Waals surface area contributed by atoms with E-state index in [0.29, 0.717) is 12.8 Å². The standard InChI is InChI=1S/C21H19F5N2O.ClH/c22-16-17(23)19(25)21(20(26)18(16)24)29-10-2-4-11-3-1-5-14-15(11)12-6-8-27-9-7-13(12)28-14;/h1,3,5,27-28H,2,4,6-10H2;1H. The van der Waals surface area contributed by atoms with Crippen molar-refractivity contribution in [3.63, 3.8) is 0 Å². The Hall–Kier alpha value is -2.32. The lowest BCUT2D eigenvalue weighted by atomic mass is 9.99. The molecule has 0 saturated heterocycles. The van der Waals surface area contributed by atoms with E-state index in [4.69, 9.17) is 4.74 Å². The number of nitrogens with one attached hydrogen (secondary N) is 2. The zero-order valence-corrected chi connectivity index (χ0v) is 16.7. The van der Waals surface area contributed by atoms with Gasteiger partial charge in [-0.15, -0.1) is 12.4 Å². The molecule has 0 saturated carbocycles. The molecule has 0 aliphatic carbocycles. The summed E-state index contributed by atoms with van der Waals surface area (Å²) in [6.45, 7) is 1.62. The maximum Gasteiger partial charge on any atom is 0.206 e. The fourth-order valence-electron chi connectivity index (χ4n) is 3.85. The minimum Gasteiger partial charge on any atom is -0.487 e. The zero-order valence-electron chi connectivity index (χ0n) is 15.9. The normalized spacial score (nSPS) is 13.6. The molecule has 1 aliphatic heterocycles. The van der Waals surface area contributed by atoms with E-state index in [1.807, 2.05) is 18.2 Å². The average molecular weight is 447 g/mol. The van der Waals surface area contributed by atoms with Crippen molar-refractivity contribution in [2.24, 2.45) is 0 Å². The van der Waals surface area contributed by atoms with Crippen LogP contribution in [0.25, 0.3) is 10.9 Å². The van der Waals surface area contributed by atoms with E-state index in [1.54, 1.807) is 0 Å². The maximum atomic E-state index is 13.7. The first kappa shape index (κ1) is 22.4. The SMILES string of the molecule is Cl.Fc1c(F)c(F)c(OCCCc2cccc3[nH]c4c(c23)CCNCC4)c(F)c1F. The lowest BCUT2D eigenvalue weighted by molar-refractivity contribution is 0.259. The van der Waals surface area contributed by atoms with Crippen LogP contribution in [0.4, 0.5) is 22.0 Å². The van der Waals surface area contributed by atoms with Crippen LogP contribution in [0, 0.1) is 29.1 Å². The molecular formula is C21H20ClF5N2O. The molecule has 4 rings (SSSR count). The molecule has 1 aromatic heterocycles. The molecule has 0 amide bonds. The Kier molecular flexibility index (Phi) is 6.88. The van der Waals surface area contributed by atoms with Crippen LogP contribution in [-0.4, -0.2) is 24.7 Å². The van der Waals surface area contributed by atoms with E-state index < -0.39 is 34.8 Å². The van der Waals surface area contributed by atoms with Gasteiger partial charge in [0, 0.05) is 29.6 Å². The highest BCUT2D eigenvalue weighted by atomic mass is 35.5. The van der Waals surface area contributed by atoms with Gasteiger partial charge in [-0.2, -0.15) is 8.78 Å². The number of hydrogen-bond donors (Lipinski definition) is 2. The second-order valence-electron chi connectivity index (χ2n) is 7.02. The molecule has 2 heterocycles. The summed E-state index contributed by atoms with van der Waals surface area (Å²) in [7, 11) is 0. The van der Waals surface area contributed by atoms with Crippen molar-refractivity contribution >= 4 is 23.3 Å². The maximum absolute atomic E-state index is 13.7. The molecule has 3 aromatic rings. The third kappa shape index (κ3) is 3.98. The van der Waals surface area contributed by atoms with E-state index >= 15 is 0 Å². The molecule has 0 atom stereocenters. The molecule has 0 bridgehead atoms. The Morgan fingerprint density at radius 2 is 1.53 bits per heavy atom. The monoisotopic (exact) mass is 446 g/mol. The molecule has 0 spiro atoms. The third-order valence-electron chi connectivity index (χ3n) is 5.21. The first-order chi connectivity index (χ1) is 14.0. The fourth-order valence-corrected chi connectivity index (χ4v) is 3.85. The molecule has 30 heavy (non-hydrogen) atoms. The Labute approximate surface area is 176 Å². The van der Waals surface area contributed by atoms with Gasteiger partial charge in [-0.05, 0) is 43.0 Å². The second-order valence-corrected chi connectivity index (χ2v) is 7.02. The van der Waals surface area contributed by atoms with Crippen molar-refractivity contribution in [3.05, 3.63) is 64.1 Å². The number of benzene rings is 2. The average Bonchev–Trinajstić information content (AvgIpc) is 2.92. The van der Waals surface area contributed by atoms with Gasteiger partial charge in [0.15, 0.2) is 5.75 Å². The molecule has 1 aliphatic rings. The summed E-state index contributed by atoms with van der Waals surface area (Å²) in [6.07, 6.45) is 2.71. The van der Waals surface area contributed by atoms with Crippen LogP contribution in [0.1, 0.15) is 23.2 Å². The predicted octanol–water partition coefficient (Wildman–Crippen LogP) is 4.99. The molecule has 162 valence electrons. The van der Waals surface area contributed by atoms with Gasteiger partial charge in [0.1, 0.15) is 0 Å². The smallest absolute Gasteiger partial charge is 0.206 e. The van der Waals surface area contributed by atoms with Crippen molar-refractivity contribution in [1.29, 1.82) is 0 Å². The van der Waals surface area contributed by atoms with Gasteiger partial charge in [0.2, 0.25) is 29.1 Å². The Balaban J connectivity index is 0.00000256. The van der Waals surface area contributed by atoms with E-state index in [1.165, 1.54) is 11.3 Å². The molecular weight excluding hydrogens is 427 g/mol. The summed E-state index contributed by atoms with van der Waals surface area (Å²) in [5.74, 6) is -11.3. The summed E-state index contributed by atoms with van der Waals surface area (Å²) in [5.41, 5.74) is 4.56. The van der Waals surface area contributed by atoms with Gasteiger partial charge in [-0.3, -0.25) is 0 Å². The Bertz CT molecular complexity index is 1040. The number of hydrogen-bond acceptors (Lipinski definition) is 2. The van der Waals surface area contributed by atoms with Crippen LogP contribution < -0.4 is 10.1 Å². The minimum absolute atomic E-state index is 0. The summed E-state index contributed by atoms with van der Waals surface area (Å²) < 4.78 is 71.9. The van der Waals surface area contributed by atoms with Crippen LogP contribution in [-0.2, 0) is 19.3 Å². The van der Waals surface area contributed by atoms with Gasteiger partial charge in [0.25, 0.3) is 0 Å². The number of fused-ring (bicyclic) bond motifs is 3. The number of rotatable bonds is 5. The summed E-state index contributed by atoms with van der Waals surface area (Å²) in [6, 6.07) is 5.91. The zero-order chi connectivity index (χ0) is 20.5.